The fourth-order valence-corrected chi connectivity index (χ4v) is 2.17. The Morgan fingerprint density at radius 3 is 2.60 bits per heavy atom. The lowest BCUT2D eigenvalue weighted by Crippen LogP contribution is -2.23. The predicted octanol–water partition coefficient (Wildman–Crippen LogP) is 3.32. The van der Waals surface area contributed by atoms with Crippen LogP contribution >= 0.6 is 15.9 Å². The van der Waals surface area contributed by atoms with Crippen LogP contribution in [0, 0.1) is 0 Å². The molecule has 0 fully saturated rings. The van der Waals surface area contributed by atoms with E-state index < -0.39 is 0 Å². The molecule has 2 aromatic carbocycles. The van der Waals surface area contributed by atoms with Crippen LogP contribution in [-0.4, -0.2) is 13.0 Å². The Morgan fingerprint density at radius 1 is 1.20 bits per heavy atom. The van der Waals surface area contributed by atoms with Crippen molar-refractivity contribution in [2.45, 2.75) is 6.61 Å². The summed E-state index contributed by atoms with van der Waals surface area (Å²) in [7, 11) is 1.57. The zero-order valence-electron chi connectivity index (χ0n) is 10.9. The van der Waals surface area contributed by atoms with Crippen molar-refractivity contribution in [2.24, 2.45) is 0 Å². The fourth-order valence-electron chi connectivity index (χ4n) is 1.63. The molecule has 0 aliphatic rings. The van der Waals surface area contributed by atoms with Gasteiger partial charge in [-0.05, 0) is 39.7 Å². The standard InChI is InChI=1S/C15H14BrNO3/c1-19-14-8-7-12(9-13(14)16)15(18)17-20-10-11-5-3-2-4-6-11/h2-9H,10H2,1H3,(H,17,18). The van der Waals surface area contributed by atoms with E-state index in [1.54, 1.807) is 25.3 Å². The molecule has 20 heavy (non-hydrogen) atoms. The molecule has 104 valence electrons. The van der Waals surface area contributed by atoms with Crippen LogP contribution in [0.15, 0.2) is 53.0 Å². The van der Waals surface area contributed by atoms with Crippen LogP contribution in [0.1, 0.15) is 15.9 Å². The number of carbonyl (C=O) groups is 1. The molecule has 0 aliphatic carbocycles. The summed E-state index contributed by atoms with van der Waals surface area (Å²) < 4.78 is 5.83. The predicted molar refractivity (Wildman–Crippen MR) is 79.4 cm³/mol. The maximum Gasteiger partial charge on any atom is 0.274 e. The minimum absolute atomic E-state index is 0.302. The lowest BCUT2D eigenvalue weighted by atomic mass is 10.2. The van der Waals surface area contributed by atoms with Crippen molar-refractivity contribution >= 4 is 21.8 Å². The van der Waals surface area contributed by atoms with Crippen LogP contribution in [0.2, 0.25) is 0 Å². The first-order chi connectivity index (χ1) is 9.70. The summed E-state index contributed by atoms with van der Waals surface area (Å²) in [6.07, 6.45) is 0. The molecule has 0 bridgehead atoms. The Kier molecular flexibility index (Phi) is 5.15. The number of hydrogen-bond acceptors (Lipinski definition) is 3. The van der Waals surface area contributed by atoms with E-state index >= 15 is 0 Å². The SMILES string of the molecule is COc1ccc(C(=O)NOCc2ccccc2)cc1Br. The van der Waals surface area contributed by atoms with Gasteiger partial charge in [-0.15, -0.1) is 0 Å². The summed E-state index contributed by atoms with van der Waals surface area (Å²) in [5.74, 6) is 0.371. The first-order valence-corrected chi connectivity index (χ1v) is 6.79. The summed E-state index contributed by atoms with van der Waals surface area (Å²) in [5, 5.41) is 0. The highest BCUT2D eigenvalue weighted by Crippen LogP contribution is 2.25. The molecule has 0 unspecified atom stereocenters. The average molecular weight is 336 g/mol. The minimum atomic E-state index is -0.302. The van der Waals surface area contributed by atoms with Crippen LogP contribution < -0.4 is 10.2 Å². The van der Waals surface area contributed by atoms with E-state index in [0.29, 0.717) is 17.9 Å². The molecular weight excluding hydrogens is 322 g/mol. The third-order valence-corrected chi connectivity index (χ3v) is 3.28. The third kappa shape index (κ3) is 3.82. The van der Waals surface area contributed by atoms with Gasteiger partial charge < -0.3 is 4.74 Å². The Labute approximate surface area is 125 Å². The molecular formula is C15H14BrNO3. The van der Waals surface area contributed by atoms with Gasteiger partial charge in [0.2, 0.25) is 0 Å². The topological polar surface area (TPSA) is 47.6 Å². The number of methoxy groups -OCH3 is 1. The van der Waals surface area contributed by atoms with Gasteiger partial charge in [-0.25, -0.2) is 5.48 Å². The number of halogens is 1. The quantitative estimate of drug-likeness (QED) is 0.852. The number of carbonyl (C=O) groups excluding carboxylic acids is 1. The lowest BCUT2D eigenvalue weighted by Gasteiger charge is -2.08. The van der Waals surface area contributed by atoms with Gasteiger partial charge in [0.25, 0.3) is 5.91 Å². The van der Waals surface area contributed by atoms with Crippen LogP contribution in [0.3, 0.4) is 0 Å². The number of hydroxylamine groups is 1. The molecule has 5 heteroatoms. The minimum Gasteiger partial charge on any atom is -0.496 e. The molecule has 0 radical (unpaired) electrons. The van der Waals surface area contributed by atoms with Crippen molar-refractivity contribution in [1.29, 1.82) is 0 Å². The van der Waals surface area contributed by atoms with E-state index in [1.165, 1.54) is 0 Å². The van der Waals surface area contributed by atoms with Gasteiger partial charge in [-0.3, -0.25) is 9.63 Å². The van der Waals surface area contributed by atoms with Gasteiger partial charge in [0.15, 0.2) is 0 Å². The second-order valence-electron chi connectivity index (χ2n) is 4.05. The molecule has 0 aromatic heterocycles. The van der Waals surface area contributed by atoms with Crippen molar-refractivity contribution in [3.05, 3.63) is 64.1 Å². The second-order valence-corrected chi connectivity index (χ2v) is 4.91. The maximum absolute atomic E-state index is 11.9. The molecule has 2 aromatic rings. The molecule has 1 N–H and O–H groups in total. The Morgan fingerprint density at radius 2 is 1.95 bits per heavy atom. The zero-order valence-corrected chi connectivity index (χ0v) is 12.5. The van der Waals surface area contributed by atoms with Crippen LogP contribution in [0.4, 0.5) is 0 Å². The van der Waals surface area contributed by atoms with E-state index in [9.17, 15) is 4.79 Å². The van der Waals surface area contributed by atoms with Gasteiger partial charge in [0.05, 0.1) is 18.2 Å². The zero-order chi connectivity index (χ0) is 14.4. The summed E-state index contributed by atoms with van der Waals surface area (Å²) in [4.78, 5) is 17.1. The normalized spacial score (nSPS) is 10.1. The first-order valence-electron chi connectivity index (χ1n) is 6.00. The number of ether oxygens (including phenoxy) is 1. The van der Waals surface area contributed by atoms with E-state index in [-0.39, 0.29) is 5.91 Å². The van der Waals surface area contributed by atoms with E-state index in [4.69, 9.17) is 9.57 Å². The van der Waals surface area contributed by atoms with Crippen molar-refractivity contribution in [3.63, 3.8) is 0 Å². The highest BCUT2D eigenvalue weighted by atomic mass is 79.9. The van der Waals surface area contributed by atoms with Crippen molar-refractivity contribution < 1.29 is 14.4 Å². The molecule has 0 spiro atoms. The molecule has 0 aliphatic heterocycles. The second kappa shape index (κ2) is 7.07. The van der Waals surface area contributed by atoms with Gasteiger partial charge in [-0.2, -0.15) is 0 Å². The summed E-state index contributed by atoms with van der Waals surface area (Å²) in [6, 6.07) is 14.7. The van der Waals surface area contributed by atoms with Gasteiger partial charge in [-0.1, -0.05) is 30.3 Å². The maximum atomic E-state index is 11.9. The Balaban J connectivity index is 1.90. The number of amides is 1. The molecule has 2 rings (SSSR count). The van der Waals surface area contributed by atoms with Crippen molar-refractivity contribution in [1.82, 2.24) is 5.48 Å². The molecule has 0 heterocycles. The lowest BCUT2D eigenvalue weighted by molar-refractivity contribution is 0.0233. The van der Waals surface area contributed by atoms with Crippen molar-refractivity contribution in [3.8, 4) is 5.75 Å². The summed E-state index contributed by atoms with van der Waals surface area (Å²) in [5.41, 5.74) is 3.89. The smallest absolute Gasteiger partial charge is 0.274 e. The van der Waals surface area contributed by atoms with Gasteiger partial charge >= 0.3 is 0 Å². The summed E-state index contributed by atoms with van der Waals surface area (Å²) >= 11 is 3.33. The van der Waals surface area contributed by atoms with Crippen molar-refractivity contribution in [2.75, 3.05) is 7.11 Å². The number of benzene rings is 2. The Bertz CT molecular complexity index is 587. The van der Waals surface area contributed by atoms with Crippen LogP contribution in [0.25, 0.3) is 0 Å². The molecule has 4 nitrogen and oxygen atoms in total. The number of rotatable bonds is 5. The highest BCUT2D eigenvalue weighted by Gasteiger charge is 2.08. The fraction of sp³-hybridized carbons (Fsp3) is 0.133. The van der Waals surface area contributed by atoms with Crippen LogP contribution in [-0.2, 0) is 11.4 Å². The van der Waals surface area contributed by atoms with Gasteiger partial charge in [0, 0.05) is 5.56 Å². The average Bonchev–Trinajstić information content (AvgIpc) is 2.48. The molecule has 0 atom stereocenters. The third-order valence-electron chi connectivity index (χ3n) is 2.66. The monoisotopic (exact) mass is 335 g/mol. The molecule has 1 amide bonds. The number of hydrogen-bond donors (Lipinski definition) is 1. The van der Waals surface area contributed by atoms with Gasteiger partial charge in [0.1, 0.15) is 5.75 Å². The van der Waals surface area contributed by atoms with Crippen LogP contribution in [0.5, 0.6) is 5.75 Å². The summed E-state index contributed by atoms with van der Waals surface area (Å²) in [6.45, 7) is 0.323. The molecule has 0 saturated carbocycles. The largest absolute Gasteiger partial charge is 0.496 e. The molecule has 0 saturated heterocycles. The first kappa shape index (κ1) is 14.6. The van der Waals surface area contributed by atoms with E-state index in [0.717, 1.165) is 10.0 Å². The number of nitrogens with one attached hydrogen (secondary N) is 1. The van der Waals surface area contributed by atoms with E-state index in [2.05, 4.69) is 21.4 Å². The highest BCUT2D eigenvalue weighted by molar-refractivity contribution is 9.10. The van der Waals surface area contributed by atoms with E-state index in [1.807, 2.05) is 30.3 Å². The Hall–Kier alpha value is -1.85.